The van der Waals surface area contributed by atoms with Gasteiger partial charge in [0, 0.05) is 18.8 Å². The van der Waals surface area contributed by atoms with E-state index in [-0.39, 0.29) is 11.5 Å². The zero-order valence-corrected chi connectivity index (χ0v) is 17.0. The molecule has 0 aliphatic heterocycles. The fourth-order valence-electron chi connectivity index (χ4n) is 2.49. The summed E-state index contributed by atoms with van der Waals surface area (Å²) in [6, 6.07) is 13.7. The zero-order chi connectivity index (χ0) is 21.9. The van der Waals surface area contributed by atoms with Gasteiger partial charge < -0.3 is 24.8 Å². The molecule has 0 radical (unpaired) electrons. The molecule has 0 heterocycles. The van der Waals surface area contributed by atoms with Crippen LogP contribution in [-0.4, -0.2) is 32.7 Å². The minimum absolute atomic E-state index is 0.108. The van der Waals surface area contributed by atoms with Gasteiger partial charge in [-0.2, -0.15) is 5.26 Å². The number of benzene rings is 2. The number of methoxy groups -OCH3 is 2. The van der Waals surface area contributed by atoms with Gasteiger partial charge in [-0.3, -0.25) is 4.79 Å². The SMILES string of the molecule is CCOC(=O)c1ccc(CN/C=C(/C#N)C(=O)Nc2cc(OC)ccc2OC)cc1. The molecule has 2 aromatic rings. The molecule has 0 atom stereocenters. The Hall–Kier alpha value is -3.99. The molecular weight excluding hydrogens is 386 g/mol. The van der Waals surface area contributed by atoms with Crippen LogP contribution in [0.3, 0.4) is 0 Å². The standard InChI is InChI=1S/C22H23N3O5/c1-4-30-22(27)16-7-5-15(6-8-16)13-24-14-17(12-23)21(26)25-19-11-18(28-2)9-10-20(19)29-3/h5-11,14,24H,4,13H2,1-3H3,(H,25,26)/b17-14-. The Balaban J connectivity index is 2.01. The number of hydrogen-bond donors (Lipinski definition) is 2. The number of hydrogen-bond acceptors (Lipinski definition) is 7. The van der Waals surface area contributed by atoms with Gasteiger partial charge >= 0.3 is 5.97 Å². The molecule has 8 heteroatoms. The number of nitrogens with one attached hydrogen (secondary N) is 2. The van der Waals surface area contributed by atoms with Crippen molar-refractivity contribution in [2.75, 3.05) is 26.1 Å². The molecule has 156 valence electrons. The van der Waals surface area contributed by atoms with Crippen molar-refractivity contribution in [1.82, 2.24) is 5.32 Å². The van der Waals surface area contributed by atoms with Crippen molar-refractivity contribution >= 4 is 17.6 Å². The van der Waals surface area contributed by atoms with Gasteiger partial charge in [-0.05, 0) is 36.8 Å². The Morgan fingerprint density at radius 1 is 1.10 bits per heavy atom. The third-order valence-electron chi connectivity index (χ3n) is 4.04. The first kappa shape index (κ1) is 22.3. The van der Waals surface area contributed by atoms with Gasteiger partial charge in [-0.15, -0.1) is 0 Å². The summed E-state index contributed by atoms with van der Waals surface area (Å²) < 4.78 is 15.3. The Kier molecular flexibility index (Phi) is 8.27. The number of ether oxygens (including phenoxy) is 3. The van der Waals surface area contributed by atoms with Crippen LogP contribution in [0.1, 0.15) is 22.8 Å². The van der Waals surface area contributed by atoms with Crippen molar-refractivity contribution in [2.45, 2.75) is 13.5 Å². The monoisotopic (exact) mass is 409 g/mol. The van der Waals surface area contributed by atoms with Crippen LogP contribution in [0, 0.1) is 11.3 Å². The van der Waals surface area contributed by atoms with E-state index in [9.17, 15) is 14.9 Å². The number of anilines is 1. The summed E-state index contributed by atoms with van der Waals surface area (Å²) in [7, 11) is 2.99. The molecule has 2 aromatic carbocycles. The van der Waals surface area contributed by atoms with Gasteiger partial charge in [0.15, 0.2) is 0 Å². The normalized spacial score (nSPS) is 10.5. The molecule has 2 N–H and O–H groups in total. The van der Waals surface area contributed by atoms with E-state index in [1.54, 1.807) is 49.4 Å². The Morgan fingerprint density at radius 2 is 1.83 bits per heavy atom. The molecule has 0 spiro atoms. The number of carbonyl (C=O) groups excluding carboxylic acids is 2. The maximum atomic E-state index is 12.4. The first-order valence-corrected chi connectivity index (χ1v) is 9.15. The minimum Gasteiger partial charge on any atom is -0.497 e. The van der Waals surface area contributed by atoms with Crippen LogP contribution < -0.4 is 20.1 Å². The summed E-state index contributed by atoms with van der Waals surface area (Å²) in [5.74, 6) is 0.0107. The van der Waals surface area contributed by atoms with E-state index in [2.05, 4.69) is 10.6 Å². The molecular formula is C22H23N3O5. The van der Waals surface area contributed by atoms with E-state index in [1.807, 2.05) is 6.07 Å². The van der Waals surface area contributed by atoms with E-state index < -0.39 is 5.91 Å². The molecule has 0 aliphatic carbocycles. The molecule has 0 aromatic heterocycles. The fraction of sp³-hybridized carbons (Fsp3) is 0.227. The van der Waals surface area contributed by atoms with Gasteiger partial charge in [-0.25, -0.2) is 4.79 Å². The van der Waals surface area contributed by atoms with Crippen molar-refractivity contribution in [3.05, 3.63) is 65.4 Å². The summed E-state index contributed by atoms with van der Waals surface area (Å²) in [5, 5.41) is 14.9. The second kappa shape index (κ2) is 11.1. The molecule has 1 amide bonds. The molecule has 2 rings (SSSR count). The molecule has 0 fully saturated rings. The van der Waals surface area contributed by atoms with Crippen LogP contribution in [0.15, 0.2) is 54.2 Å². The van der Waals surface area contributed by atoms with E-state index in [0.29, 0.717) is 35.9 Å². The van der Waals surface area contributed by atoms with Crippen LogP contribution in [0.5, 0.6) is 11.5 Å². The number of rotatable bonds is 9. The van der Waals surface area contributed by atoms with Crippen LogP contribution >= 0.6 is 0 Å². The molecule has 0 aliphatic rings. The van der Waals surface area contributed by atoms with Crippen molar-refractivity contribution in [2.24, 2.45) is 0 Å². The number of carbonyl (C=O) groups is 2. The minimum atomic E-state index is -0.589. The Morgan fingerprint density at radius 3 is 2.43 bits per heavy atom. The molecule has 0 saturated carbocycles. The zero-order valence-electron chi connectivity index (χ0n) is 17.0. The van der Waals surface area contributed by atoms with Gasteiger partial charge in [0.2, 0.25) is 0 Å². The van der Waals surface area contributed by atoms with Gasteiger partial charge in [-0.1, -0.05) is 12.1 Å². The highest BCUT2D eigenvalue weighted by atomic mass is 16.5. The molecule has 30 heavy (non-hydrogen) atoms. The summed E-state index contributed by atoms with van der Waals surface area (Å²) in [6.45, 7) is 2.42. The highest BCUT2D eigenvalue weighted by Gasteiger charge is 2.13. The van der Waals surface area contributed by atoms with Crippen molar-refractivity contribution in [1.29, 1.82) is 5.26 Å². The molecule has 0 saturated heterocycles. The first-order chi connectivity index (χ1) is 14.5. The lowest BCUT2D eigenvalue weighted by Crippen LogP contribution is -2.17. The summed E-state index contributed by atoms with van der Waals surface area (Å²) in [5.41, 5.74) is 1.60. The van der Waals surface area contributed by atoms with Gasteiger partial charge in [0.1, 0.15) is 23.1 Å². The van der Waals surface area contributed by atoms with Crippen molar-refractivity contribution in [3.63, 3.8) is 0 Å². The highest BCUT2D eigenvalue weighted by Crippen LogP contribution is 2.29. The summed E-state index contributed by atoms with van der Waals surface area (Å²) >= 11 is 0. The van der Waals surface area contributed by atoms with Crippen LogP contribution in [0.25, 0.3) is 0 Å². The van der Waals surface area contributed by atoms with Crippen LogP contribution in [0.2, 0.25) is 0 Å². The Bertz CT molecular complexity index is 962. The quantitative estimate of drug-likeness (QED) is 0.372. The van der Waals surface area contributed by atoms with E-state index in [0.717, 1.165) is 5.56 Å². The lowest BCUT2D eigenvalue weighted by atomic mass is 10.1. The van der Waals surface area contributed by atoms with Crippen molar-refractivity contribution in [3.8, 4) is 17.6 Å². The molecule has 0 unspecified atom stereocenters. The van der Waals surface area contributed by atoms with E-state index in [1.165, 1.54) is 20.4 Å². The highest BCUT2D eigenvalue weighted by molar-refractivity contribution is 6.07. The Labute approximate surface area is 175 Å². The number of nitriles is 1. The molecule has 0 bridgehead atoms. The predicted molar refractivity (Wildman–Crippen MR) is 111 cm³/mol. The first-order valence-electron chi connectivity index (χ1n) is 9.15. The predicted octanol–water partition coefficient (Wildman–Crippen LogP) is 3.02. The topological polar surface area (TPSA) is 110 Å². The third kappa shape index (κ3) is 6.01. The average Bonchev–Trinajstić information content (AvgIpc) is 2.77. The lowest BCUT2D eigenvalue weighted by molar-refractivity contribution is -0.112. The van der Waals surface area contributed by atoms with Crippen LogP contribution in [-0.2, 0) is 16.1 Å². The van der Waals surface area contributed by atoms with Crippen molar-refractivity contribution < 1.29 is 23.8 Å². The van der Waals surface area contributed by atoms with E-state index >= 15 is 0 Å². The van der Waals surface area contributed by atoms with E-state index in [4.69, 9.17) is 14.2 Å². The smallest absolute Gasteiger partial charge is 0.338 e. The number of esters is 1. The maximum absolute atomic E-state index is 12.4. The maximum Gasteiger partial charge on any atom is 0.338 e. The third-order valence-corrected chi connectivity index (χ3v) is 4.04. The molecule has 8 nitrogen and oxygen atoms in total. The van der Waals surface area contributed by atoms with Gasteiger partial charge in [0.25, 0.3) is 5.91 Å². The van der Waals surface area contributed by atoms with Gasteiger partial charge in [0.05, 0.1) is 32.1 Å². The number of nitrogens with zero attached hydrogens (tertiary/aromatic N) is 1. The summed E-state index contributed by atoms with van der Waals surface area (Å²) in [4.78, 5) is 24.1. The largest absolute Gasteiger partial charge is 0.497 e. The fourth-order valence-corrected chi connectivity index (χ4v) is 2.49. The lowest BCUT2D eigenvalue weighted by Gasteiger charge is -2.11. The second-order valence-corrected chi connectivity index (χ2v) is 5.99. The second-order valence-electron chi connectivity index (χ2n) is 5.99. The van der Waals surface area contributed by atoms with Crippen LogP contribution in [0.4, 0.5) is 5.69 Å². The number of amides is 1. The summed E-state index contributed by atoms with van der Waals surface area (Å²) in [6.07, 6.45) is 1.33. The average molecular weight is 409 g/mol.